The average Bonchev–Trinajstić information content (AvgIpc) is 3.20. The van der Waals surface area contributed by atoms with Crippen LogP contribution in [0.5, 0.6) is 0 Å². The van der Waals surface area contributed by atoms with Crippen LogP contribution in [0.15, 0.2) is 59.6 Å². The standard InChI is InChI=1S/C23H27N3O4S/c1-18-7-8-20(31(28,29)26-13-15-30-16-14-26)17-21(18)23(27)24-10-4-11-25-12-9-19-5-2-3-6-22(19)25/h2-3,5-9,12,17H,4,10-11,13-16H2,1H3,(H,24,27). The van der Waals surface area contributed by atoms with Crippen molar-refractivity contribution in [3.05, 3.63) is 65.9 Å². The molecule has 1 aromatic heterocycles. The van der Waals surface area contributed by atoms with Gasteiger partial charge in [-0.1, -0.05) is 24.3 Å². The number of nitrogens with one attached hydrogen (secondary N) is 1. The van der Waals surface area contributed by atoms with Crippen molar-refractivity contribution in [1.29, 1.82) is 0 Å². The predicted molar refractivity (Wildman–Crippen MR) is 120 cm³/mol. The van der Waals surface area contributed by atoms with E-state index in [-0.39, 0.29) is 10.8 Å². The monoisotopic (exact) mass is 441 g/mol. The number of hydrogen-bond donors (Lipinski definition) is 1. The van der Waals surface area contributed by atoms with E-state index < -0.39 is 10.0 Å². The van der Waals surface area contributed by atoms with E-state index in [0.29, 0.717) is 38.4 Å². The number of benzene rings is 2. The second-order valence-corrected chi connectivity index (χ2v) is 9.61. The first-order chi connectivity index (χ1) is 15.0. The molecule has 8 heteroatoms. The van der Waals surface area contributed by atoms with Gasteiger partial charge in [0.1, 0.15) is 0 Å². The SMILES string of the molecule is Cc1ccc(S(=O)(=O)N2CCOCC2)cc1C(=O)NCCCn1ccc2ccccc21. The van der Waals surface area contributed by atoms with Crippen LogP contribution in [0.2, 0.25) is 0 Å². The smallest absolute Gasteiger partial charge is 0.251 e. The fourth-order valence-corrected chi connectivity index (χ4v) is 5.26. The van der Waals surface area contributed by atoms with Gasteiger partial charge in [-0.15, -0.1) is 0 Å². The Morgan fingerprint density at radius 3 is 2.68 bits per heavy atom. The Kier molecular flexibility index (Phi) is 6.41. The molecule has 7 nitrogen and oxygen atoms in total. The summed E-state index contributed by atoms with van der Waals surface area (Å²) in [5.74, 6) is -0.256. The third-order valence-electron chi connectivity index (χ3n) is 5.60. The number of amides is 1. The number of ether oxygens (including phenoxy) is 1. The molecular formula is C23H27N3O4S. The van der Waals surface area contributed by atoms with Gasteiger partial charge in [0.05, 0.1) is 18.1 Å². The molecule has 0 unspecified atom stereocenters. The zero-order chi connectivity index (χ0) is 21.8. The maximum atomic E-state index is 12.9. The second kappa shape index (κ2) is 9.21. The molecule has 0 spiro atoms. The molecular weight excluding hydrogens is 414 g/mol. The summed E-state index contributed by atoms with van der Waals surface area (Å²) in [6.45, 7) is 4.53. The van der Waals surface area contributed by atoms with E-state index in [4.69, 9.17) is 4.74 Å². The Labute approximate surface area is 182 Å². The topological polar surface area (TPSA) is 80.6 Å². The van der Waals surface area contributed by atoms with E-state index in [1.807, 2.05) is 19.1 Å². The molecule has 1 N–H and O–H groups in total. The summed E-state index contributed by atoms with van der Waals surface area (Å²) in [7, 11) is -3.64. The fraction of sp³-hybridized carbons (Fsp3) is 0.348. The molecule has 0 bridgehead atoms. The lowest BCUT2D eigenvalue weighted by Crippen LogP contribution is -2.40. The molecule has 1 saturated heterocycles. The van der Waals surface area contributed by atoms with Crippen LogP contribution in [0.3, 0.4) is 0 Å². The van der Waals surface area contributed by atoms with Crippen LogP contribution in [0, 0.1) is 6.92 Å². The van der Waals surface area contributed by atoms with Crippen LogP contribution in [-0.2, 0) is 21.3 Å². The first-order valence-electron chi connectivity index (χ1n) is 10.5. The summed E-state index contributed by atoms with van der Waals surface area (Å²) < 4.78 is 34.6. The Bertz CT molecular complexity index is 1180. The van der Waals surface area contributed by atoms with Crippen molar-refractivity contribution < 1.29 is 17.9 Å². The number of morpholine rings is 1. The van der Waals surface area contributed by atoms with Crippen molar-refractivity contribution in [2.24, 2.45) is 0 Å². The minimum atomic E-state index is -3.64. The van der Waals surface area contributed by atoms with E-state index in [1.165, 1.54) is 21.3 Å². The lowest BCUT2D eigenvalue weighted by Gasteiger charge is -2.26. The minimum Gasteiger partial charge on any atom is -0.379 e. The van der Waals surface area contributed by atoms with Gasteiger partial charge in [-0.05, 0) is 48.6 Å². The molecule has 1 amide bonds. The molecule has 0 saturated carbocycles. The van der Waals surface area contributed by atoms with E-state index in [1.54, 1.807) is 12.1 Å². The maximum absolute atomic E-state index is 12.9. The third kappa shape index (κ3) is 4.66. The van der Waals surface area contributed by atoms with Crippen LogP contribution >= 0.6 is 0 Å². The predicted octanol–water partition coefficient (Wildman–Crippen LogP) is 2.79. The van der Waals surface area contributed by atoms with Gasteiger partial charge in [0, 0.05) is 43.5 Å². The summed E-state index contributed by atoms with van der Waals surface area (Å²) in [5.41, 5.74) is 2.31. The molecule has 31 heavy (non-hydrogen) atoms. The summed E-state index contributed by atoms with van der Waals surface area (Å²) in [6.07, 6.45) is 2.83. The first-order valence-corrected chi connectivity index (χ1v) is 11.9. The molecule has 1 aliphatic rings. The second-order valence-electron chi connectivity index (χ2n) is 7.67. The lowest BCUT2D eigenvalue weighted by molar-refractivity contribution is 0.0730. The van der Waals surface area contributed by atoms with Crippen LogP contribution in [-0.4, -0.2) is 56.0 Å². The molecule has 2 heterocycles. The molecule has 164 valence electrons. The average molecular weight is 442 g/mol. The van der Waals surface area contributed by atoms with E-state index in [9.17, 15) is 13.2 Å². The number of fused-ring (bicyclic) bond motifs is 1. The Hall–Kier alpha value is -2.68. The third-order valence-corrected chi connectivity index (χ3v) is 7.50. The molecule has 0 aliphatic carbocycles. The van der Waals surface area contributed by atoms with Crippen molar-refractivity contribution in [2.75, 3.05) is 32.8 Å². The summed E-state index contributed by atoms with van der Waals surface area (Å²) in [5, 5.41) is 4.12. The highest BCUT2D eigenvalue weighted by molar-refractivity contribution is 7.89. The van der Waals surface area contributed by atoms with Crippen LogP contribution in [0.1, 0.15) is 22.3 Å². The molecule has 2 aromatic carbocycles. The van der Waals surface area contributed by atoms with Gasteiger partial charge in [0.2, 0.25) is 10.0 Å². The van der Waals surface area contributed by atoms with E-state index in [0.717, 1.165) is 18.5 Å². The number of rotatable bonds is 7. The highest BCUT2D eigenvalue weighted by Gasteiger charge is 2.27. The number of nitrogens with zero attached hydrogens (tertiary/aromatic N) is 2. The number of sulfonamides is 1. The van der Waals surface area contributed by atoms with Gasteiger partial charge in [-0.2, -0.15) is 4.31 Å². The van der Waals surface area contributed by atoms with Crippen LogP contribution < -0.4 is 5.32 Å². The summed E-state index contributed by atoms with van der Waals surface area (Å²) in [6, 6.07) is 15.0. The normalized spacial score (nSPS) is 15.3. The van der Waals surface area contributed by atoms with Gasteiger partial charge in [-0.25, -0.2) is 8.42 Å². The van der Waals surface area contributed by atoms with Gasteiger partial charge in [0.25, 0.3) is 5.91 Å². The quantitative estimate of drug-likeness (QED) is 0.572. The van der Waals surface area contributed by atoms with Crippen molar-refractivity contribution in [3.8, 4) is 0 Å². The minimum absolute atomic E-state index is 0.143. The summed E-state index contributed by atoms with van der Waals surface area (Å²) >= 11 is 0. The molecule has 1 fully saturated rings. The van der Waals surface area contributed by atoms with Crippen molar-refractivity contribution >= 4 is 26.8 Å². The van der Waals surface area contributed by atoms with Crippen LogP contribution in [0.4, 0.5) is 0 Å². The van der Waals surface area contributed by atoms with Gasteiger partial charge in [0.15, 0.2) is 0 Å². The molecule has 3 aromatic rings. The van der Waals surface area contributed by atoms with E-state index in [2.05, 4.69) is 34.3 Å². The van der Waals surface area contributed by atoms with Crippen molar-refractivity contribution in [1.82, 2.24) is 14.2 Å². The molecule has 1 aliphatic heterocycles. The number of hydrogen-bond acceptors (Lipinski definition) is 4. The van der Waals surface area contributed by atoms with Crippen molar-refractivity contribution in [3.63, 3.8) is 0 Å². The number of aryl methyl sites for hydroxylation is 2. The van der Waals surface area contributed by atoms with E-state index >= 15 is 0 Å². The molecule has 0 radical (unpaired) electrons. The maximum Gasteiger partial charge on any atom is 0.251 e. The fourth-order valence-electron chi connectivity index (χ4n) is 3.82. The summed E-state index contributed by atoms with van der Waals surface area (Å²) in [4.78, 5) is 12.9. The largest absolute Gasteiger partial charge is 0.379 e. The first kappa shape index (κ1) is 21.5. The van der Waals surface area contributed by atoms with Crippen molar-refractivity contribution in [2.45, 2.75) is 24.8 Å². The number of carbonyl (C=O) groups is 1. The van der Waals surface area contributed by atoms with Gasteiger partial charge >= 0.3 is 0 Å². The Morgan fingerprint density at radius 1 is 1.10 bits per heavy atom. The van der Waals surface area contributed by atoms with Gasteiger partial charge in [-0.3, -0.25) is 4.79 Å². The zero-order valence-electron chi connectivity index (χ0n) is 17.6. The highest BCUT2D eigenvalue weighted by Crippen LogP contribution is 2.21. The Morgan fingerprint density at radius 2 is 1.87 bits per heavy atom. The molecule has 0 atom stereocenters. The number of aromatic nitrogens is 1. The number of carbonyl (C=O) groups excluding carboxylic acids is 1. The van der Waals surface area contributed by atoms with Gasteiger partial charge < -0.3 is 14.6 Å². The number of para-hydroxylation sites is 1. The zero-order valence-corrected chi connectivity index (χ0v) is 18.4. The Balaban J connectivity index is 1.39. The van der Waals surface area contributed by atoms with Crippen LogP contribution in [0.25, 0.3) is 10.9 Å². The lowest BCUT2D eigenvalue weighted by atomic mass is 10.1. The highest BCUT2D eigenvalue weighted by atomic mass is 32.2. The molecule has 4 rings (SSSR count).